The van der Waals surface area contributed by atoms with Crippen molar-refractivity contribution in [2.45, 2.75) is 32.2 Å². The molecule has 6 nitrogen and oxygen atoms in total. The molecule has 0 bridgehead atoms. The molecule has 1 aliphatic heterocycles. The van der Waals surface area contributed by atoms with Gasteiger partial charge in [0.1, 0.15) is 5.82 Å². The number of aromatic nitrogens is 1. The van der Waals surface area contributed by atoms with Gasteiger partial charge in [-0.25, -0.2) is 4.98 Å². The van der Waals surface area contributed by atoms with Crippen LogP contribution in [0.1, 0.15) is 36.5 Å². The van der Waals surface area contributed by atoms with Gasteiger partial charge in [-0.2, -0.15) is 0 Å². The van der Waals surface area contributed by atoms with Crippen LogP contribution >= 0.6 is 15.9 Å². The van der Waals surface area contributed by atoms with E-state index < -0.39 is 0 Å². The number of piperidine rings is 1. The third kappa shape index (κ3) is 6.11. The van der Waals surface area contributed by atoms with Gasteiger partial charge in [0.2, 0.25) is 5.91 Å². The number of amides is 2. The second-order valence-electron chi connectivity index (χ2n) is 7.27. The lowest BCUT2D eigenvalue weighted by Crippen LogP contribution is -2.49. The fraction of sp³-hybridized carbons (Fsp3) is 0.409. The minimum absolute atomic E-state index is 0.0592. The highest BCUT2D eigenvalue weighted by Gasteiger charge is 2.28. The Morgan fingerprint density at radius 3 is 2.52 bits per heavy atom. The SMILES string of the molecule is CCCN(CC(=O)Nc1ccc(Br)cn1)C1CCN(C(=O)c2ccccc2)CC1. The molecule has 0 saturated carbocycles. The van der Waals surface area contributed by atoms with Crippen molar-refractivity contribution >= 4 is 33.6 Å². The van der Waals surface area contributed by atoms with Crippen molar-refractivity contribution in [3.05, 3.63) is 58.7 Å². The number of likely N-dealkylation sites (tertiary alicyclic amines) is 1. The Morgan fingerprint density at radius 1 is 1.17 bits per heavy atom. The molecule has 29 heavy (non-hydrogen) atoms. The average Bonchev–Trinajstić information content (AvgIpc) is 2.75. The number of benzene rings is 1. The Morgan fingerprint density at radius 2 is 1.90 bits per heavy atom. The average molecular weight is 459 g/mol. The number of hydrogen-bond acceptors (Lipinski definition) is 4. The van der Waals surface area contributed by atoms with Gasteiger partial charge in [-0.3, -0.25) is 14.5 Å². The van der Waals surface area contributed by atoms with Crippen molar-refractivity contribution in [1.29, 1.82) is 0 Å². The number of carbonyl (C=O) groups excluding carboxylic acids is 2. The summed E-state index contributed by atoms with van der Waals surface area (Å²) in [5, 5.41) is 2.87. The quantitative estimate of drug-likeness (QED) is 0.684. The smallest absolute Gasteiger partial charge is 0.253 e. The first-order chi connectivity index (χ1) is 14.1. The normalized spacial score (nSPS) is 14.8. The van der Waals surface area contributed by atoms with Crippen molar-refractivity contribution in [2.75, 3.05) is 31.5 Å². The molecule has 0 spiro atoms. The lowest BCUT2D eigenvalue weighted by Gasteiger charge is -2.38. The molecular formula is C22H27BrN4O2. The van der Waals surface area contributed by atoms with Gasteiger partial charge >= 0.3 is 0 Å². The zero-order valence-corrected chi connectivity index (χ0v) is 18.3. The first kappa shape index (κ1) is 21.5. The van der Waals surface area contributed by atoms with Crippen LogP contribution in [-0.2, 0) is 4.79 Å². The summed E-state index contributed by atoms with van der Waals surface area (Å²) in [7, 11) is 0. The lowest BCUT2D eigenvalue weighted by atomic mass is 10.0. The van der Waals surface area contributed by atoms with Crippen LogP contribution in [0.4, 0.5) is 5.82 Å². The van der Waals surface area contributed by atoms with E-state index in [0.717, 1.165) is 35.8 Å². The van der Waals surface area contributed by atoms with Crippen LogP contribution in [-0.4, -0.2) is 58.8 Å². The summed E-state index contributed by atoms with van der Waals surface area (Å²) >= 11 is 3.34. The molecule has 1 aromatic carbocycles. The van der Waals surface area contributed by atoms with E-state index >= 15 is 0 Å². The zero-order chi connectivity index (χ0) is 20.6. The number of halogens is 1. The van der Waals surface area contributed by atoms with E-state index in [2.05, 4.69) is 38.1 Å². The van der Waals surface area contributed by atoms with Gasteiger partial charge in [0.25, 0.3) is 5.91 Å². The van der Waals surface area contributed by atoms with Crippen LogP contribution in [0.3, 0.4) is 0 Å². The first-order valence-electron chi connectivity index (χ1n) is 10.1. The summed E-state index contributed by atoms with van der Waals surface area (Å²) in [6, 6.07) is 13.4. The molecular weight excluding hydrogens is 432 g/mol. The lowest BCUT2D eigenvalue weighted by molar-refractivity contribution is -0.118. The molecule has 0 atom stereocenters. The number of nitrogens with zero attached hydrogens (tertiary/aromatic N) is 3. The zero-order valence-electron chi connectivity index (χ0n) is 16.7. The summed E-state index contributed by atoms with van der Waals surface area (Å²) in [6.45, 7) is 4.75. The van der Waals surface area contributed by atoms with Crippen molar-refractivity contribution in [2.24, 2.45) is 0 Å². The number of nitrogens with one attached hydrogen (secondary N) is 1. The standard InChI is InChI=1S/C22H27BrN4O2/c1-2-12-27(16-21(28)25-20-9-8-18(23)15-24-20)19-10-13-26(14-11-19)22(29)17-6-4-3-5-7-17/h3-9,15,19H,2,10-14,16H2,1H3,(H,24,25,28). The molecule has 0 aliphatic carbocycles. The van der Waals surface area contributed by atoms with Crippen molar-refractivity contribution in [3.63, 3.8) is 0 Å². The van der Waals surface area contributed by atoms with Crippen LogP contribution < -0.4 is 5.32 Å². The van der Waals surface area contributed by atoms with Gasteiger partial charge in [0, 0.05) is 35.4 Å². The second kappa shape index (κ2) is 10.5. The second-order valence-corrected chi connectivity index (χ2v) is 8.19. The van der Waals surface area contributed by atoms with Gasteiger partial charge in [-0.05, 0) is 66.0 Å². The van der Waals surface area contributed by atoms with E-state index in [9.17, 15) is 9.59 Å². The minimum atomic E-state index is -0.0592. The molecule has 0 unspecified atom stereocenters. The molecule has 2 amide bonds. The van der Waals surface area contributed by atoms with E-state index in [1.807, 2.05) is 41.3 Å². The summed E-state index contributed by atoms with van der Waals surface area (Å²) < 4.78 is 0.875. The van der Waals surface area contributed by atoms with E-state index in [0.29, 0.717) is 31.5 Å². The maximum absolute atomic E-state index is 12.6. The minimum Gasteiger partial charge on any atom is -0.339 e. The predicted molar refractivity (Wildman–Crippen MR) is 118 cm³/mol. The molecule has 0 radical (unpaired) electrons. The number of rotatable bonds is 7. The van der Waals surface area contributed by atoms with Gasteiger partial charge in [0.05, 0.1) is 6.54 Å². The van der Waals surface area contributed by atoms with E-state index in [4.69, 9.17) is 0 Å². The number of anilines is 1. The molecule has 7 heteroatoms. The van der Waals surface area contributed by atoms with Crippen LogP contribution in [0, 0.1) is 0 Å². The third-order valence-electron chi connectivity index (χ3n) is 5.14. The monoisotopic (exact) mass is 458 g/mol. The van der Waals surface area contributed by atoms with Gasteiger partial charge in [-0.1, -0.05) is 25.1 Å². The summed E-state index contributed by atoms with van der Waals surface area (Å²) in [5.74, 6) is 0.583. The Bertz CT molecular complexity index is 805. The summed E-state index contributed by atoms with van der Waals surface area (Å²) in [4.78, 5) is 33.5. The van der Waals surface area contributed by atoms with Crippen LogP contribution in [0.5, 0.6) is 0 Å². The molecule has 154 valence electrons. The Hall–Kier alpha value is -2.25. The van der Waals surface area contributed by atoms with Crippen LogP contribution in [0.15, 0.2) is 53.1 Å². The van der Waals surface area contributed by atoms with Crippen molar-refractivity contribution in [3.8, 4) is 0 Å². The highest BCUT2D eigenvalue weighted by molar-refractivity contribution is 9.10. The number of carbonyl (C=O) groups is 2. The summed E-state index contributed by atoms with van der Waals surface area (Å²) in [6.07, 6.45) is 4.40. The molecule has 1 aliphatic rings. The van der Waals surface area contributed by atoms with E-state index in [1.54, 1.807) is 12.3 Å². The topological polar surface area (TPSA) is 65.5 Å². The first-order valence-corrected chi connectivity index (χ1v) is 10.9. The fourth-order valence-electron chi connectivity index (χ4n) is 3.69. The maximum atomic E-state index is 12.6. The molecule has 1 fully saturated rings. The number of pyridine rings is 1. The Labute approximate surface area is 180 Å². The largest absolute Gasteiger partial charge is 0.339 e. The molecule has 2 heterocycles. The van der Waals surface area contributed by atoms with Crippen LogP contribution in [0.25, 0.3) is 0 Å². The third-order valence-corrected chi connectivity index (χ3v) is 5.61. The van der Waals surface area contributed by atoms with Gasteiger partial charge < -0.3 is 10.2 Å². The molecule has 1 N–H and O–H groups in total. The van der Waals surface area contributed by atoms with E-state index in [-0.39, 0.29) is 11.8 Å². The summed E-state index contributed by atoms with van der Waals surface area (Å²) in [5.41, 5.74) is 0.734. The molecule has 1 aromatic heterocycles. The molecule has 3 rings (SSSR count). The number of hydrogen-bond donors (Lipinski definition) is 1. The predicted octanol–water partition coefficient (Wildman–Crippen LogP) is 3.80. The van der Waals surface area contributed by atoms with Gasteiger partial charge in [-0.15, -0.1) is 0 Å². The fourth-order valence-corrected chi connectivity index (χ4v) is 3.93. The maximum Gasteiger partial charge on any atom is 0.253 e. The Kier molecular flexibility index (Phi) is 7.77. The van der Waals surface area contributed by atoms with Gasteiger partial charge in [0.15, 0.2) is 0 Å². The Balaban J connectivity index is 1.54. The van der Waals surface area contributed by atoms with Crippen molar-refractivity contribution < 1.29 is 9.59 Å². The van der Waals surface area contributed by atoms with Crippen molar-refractivity contribution in [1.82, 2.24) is 14.8 Å². The van der Waals surface area contributed by atoms with Crippen LogP contribution in [0.2, 0.25) is 0 Å². The molecule has 1 saturated heterocycles. The molecule has 2 aromatic rings. The highest BCUT2D eigenvalue weighted by Crippen LogP contribution is 2.19. The van der Waals surface area contributed by atoms with E-state index in [1.165, 1.54) is 0 Å². The highest BCUT2D eigenvalue weighted by atomic mass is 79.9.